The summed E-state index contributed by atoms with van der Waals surface area (Å²) >= 11 is 0. The number of carboxylic acid groups (broad SMARTS) is 2. The molecule has 0 atom stereocenters. The number of aromatic carboxylic acids is 1. The van der Waals surface area contributed by atoms with Crippen molar-refractivity contribution in [2.75, 3.05) is 28.5 Å². The Morgan fingerprint density at radius 1 is 1.21 bits per heavy atom. The summed E-state index contributed by atoms with van der Waals surface area (Å²) in [6.45, 7) is 6.83. The minimum atomic E-state index is -5.08. The van der Waals surface area contributed by atoms with Gasteiger partial charge in [-0.3, -0.25) is 4.72 Å². The number of carbonyl (C=O) groups is 2. The number of aliphatic carboxylic acids is 1. The van der Waals surface area contributed by atoms with E-state index in [1.54, 1.807) is 0 Å². The van der Waals surface area contributed by atoms with E-state index < -0.39 is 28.1 Å². The van der Waals surface area contributed by atoms with Gasteiger partial charge in [0.25, 0.3) is 0 Å². The van der Waals surface area contributed by atoms with E-state index in [9.17, 15) is 31.5 Å². The fraction of sp³-hybridized carbons (Fsp3) is 0.562. The zero-order chi connectivity index (χ0) is 22.8. The van der Waals surface area contributed by atoms with Gasteiger partial charge in [0.05, 0.1) is 17.6 Å². The summed E-state index contributed by atoms with van der Waals surface area (Å²) < 4.78 is 57.2. The lowest BCUT2D eigenvalue weighted by Crippen LogP contribution is -2.27. The number of hydrogen-bond donors (Lipinski definition) is 3. The number of nitrogens with one attached hydrogen (secondary N) is 1. The van der Waals surface area contributed by atoms with E-state index in [2.05, 4.69) is 16.6 Å². The first-order valence-corrected chi connectivity index (χ1v) is 10.2. The van der Waals surface area contributed by atoms with E-state index in [0.29, 0.717) is 18.9 Å². The lowest BCUT2D eigenvalue weighted by molar-refractivity contribution is -0.192. The normalized spacial score (nSPS) is 11.2. The van der Waals surface area contributed by atoms with Crippen molar-refractivity contribution >= 4 is 33.5 Å². The Bertz CT molecular complexity index is 800. The van der Waals surface area contributed by atoms with Gasteiger partial charge in [0.1, 0.15) is 11.4 Å². The molecular weight excluding hydrogens is 419 g/mol. The van der Waals surface area contributed by atoms with Gasteiger partial charge in [-0.05, 0) is 26.3 Å². The number of nitrogens with zero attached hydrogens (tertiary/aromatic N) is 2. The number of anilines is 2. The second kappa shape index (κ2) is 11.4. The van der Waals surface area contributed by atoms with E-state index in [1.165, 1.54) is 19.2 Å². The summed E-state index contributed by atoms with van der Waals surface area (Å²) in [6, 6.07) is 1.31. The van der Waals surface area contributed by atoms with Crippen molar-refractivity contribution in [2.24, 2.45) is 0 Å². The summed E-state index contributed by atoms with van der Waals surface area (Å²) in [5, 5.41) is 16.5. The zero-order valence-electron chi connectivity index (χ0n) is 16.2. The molecule has 1 aromatic heterocycles. The molecule has 0 aliphatic rings. The van der Waals surface area contributed by atoms with Crippen LogP contribution in [0.2, 0.25) is 0 Å². The third-order valence-corrected chi connectivity index (χ3v) is 4.76. The number of hydrogen-bond acceptors (Lipinski definition) is 6. The number of aromatic nitrogens is 1. The van der Waals surface area contributed by atoms with Crippen LogP contribution < -0.4 is 9.62 Å². The molecule has 29 heavy (non-hydrogen) atoms. The van der Waals surface area contributed by atoms with Gasteiger partial charge in [-0.2, -0.15) is 13.2 Å². The number of sulfonamides is 1. The average molecular weight is 443 g/mol. The van der Waals surface area contributed by atoms with E-state index >= 15 is 0 Å². The van der Waals surface area contributed by atoms with Gasteiger partial charge in [-0.1, -0.05) is 13.3 Å². The Kier molecular flexibility index (Phi) is 10.4. The zero-order valence-corrected chi connectivity index (χ0v) is 17.0. The monoisotopic (exact) mass is 443 g/mol. The topological polar surface area (TPSA) is 137 Å². The molecule has 0 radical (unpaired) electrons. The Labute approximate surface area is 166 Å². The van der Waals surface area contributed by atoms with Crippen LogP contribution >= 0.6 is 0 Å². The fourth-order valence-electron chi connectivity index (χ4n) is 1.94. The summed E-state index contributed by atoms with van der Waals surface area (Å²) in [6.07, 6.45) is -1.81. The van der Waals surface area contributed by atoms with Gasteiger partial charge in [0.15, 0.2) is 0 Å². The molecule has 1 heterocycles. The molecule has 0 amide bonds. The Morgan fingerprint density at radius 3 is 2.14 bits per heavy atom. The molecule has 0 aliphatic carbocycles. The summed E-state index contributed by atoms with van der Waals surface area (Å²) in [5.74, 6) is -3.61. The first-order valence-electron chi connectivity index (χ1n) is 8.57. The van der Waals surface area contributed by atoms with Gasteiger partial charge in [0.2, 0.25) is 10.0 Å². The van der Waals surface area contributed by atoms with Crippen LogP contribution in [-0.4, -0.2) is 60.6 Å². The average Bonchev–Trinajstić information content (AvgIpc) is 2.62. The minimum Gasteiger partial charge on any atom is -0.478 e. The quantitative estimate of drug-likeness (QED) is 0.530. The number of unbranched alkanes of at least 4 members (excludes halogenated alkanes) is 1. The van der Waals surface area contributed by atoms with Crippen molar-refractivity contribution < 1.29 is 41.4 Å². The largest absolute Gasteiger partial charge is 0.490 e. The molecule has 0 aromatic carbocycles. The van der Waals surface area contributed by atoms with Crippen molar-refractivity contribution in [2.45, 2.75) is 39.8 Å². The molecule has 3 N–H and O–H groups in total. The second-order valence-electron chi connectivity index (χ2n) is 5.64. The third-order valence-electron chi connectivity index (χ3n) is 3.46. The van der Waals surface area contributed by atoms with Crippen molar-refractivity contribution in [3.8, 4) is 0 Å². The number of alkyl halides is 3. The van der Waals surface area contributed by atoms with Crippen LogP contribution in [0.3, 0.4) is 0 Å². The molecule has 1 aromatic rings. The SMILES string of the molecule is CCCCN(CC)c1ncc(NS(=O)(=O)CC)cc1C(=O)O.O=C(O)C(F)(F)F. The molecule has 0 saturated heterocycles. The molecule has 0 aliphatic heterocycles. The van der Waals surface area contributed by atoms with Gasteiger partial charge in [-0.15, -0.1) is 0 Å². The highest BCUT2D eigenvalue weighted by atomic mass is 32.2. The number of pyridine rings is 1. The van der Waals surface area contributed by atoms with E-state index in [-0.39, 0.29) is 17.0 Å². The smallest absolute Gasteiger partial charge is 0.478 e. The first kappa shape index (κ1) is 26.4. The third kappa shape index (κ3) is 9.45. The lowest BCUT2D eigenvalue weighted by atomic mass is 10.2. The summed E-state index contributed by atoms with van der Waals surface area (Å²) in [5.41, 5.74) is 0.156. The predicted molar refractivity (Wildman–Crippen MR) is 101 cm³/mol. The predicted octanol–water partition coefficient (Wildman–Crippen LogP) is 2.80. The van der Waals surface area contributed by atoms with Crippen molar-refractivity contribution in [1.29, 1.82) is 0 Å². The summed E-state index contributed by atoms with van der Waals surface area (Å²) in [4.78, 5) is 26.4. The lowest BCUT2D eigenvalue weighted by Gasteiger charge is -2.23. The van der Waals surface area contributed by atoms with Gasteiger partial charge >= 0.3 is 18.1 Å². The van der Waals surface area contributed by atoms with Crippen LogP contribution in [0.1, 0.15) is 44.0 Å². The highest BCUT2D eigenvalue weighted by Crippen LogP contribution is 2.22. The van der Waals surface area contributed by atoms with Gasteiger partial charge in [0, 0.05) is 13.1 Å². The maximum Gasteiger partial charge on any atom is 0.490 e. The maximum absolute atomic E-state index is 11.6. The molecule has 0 bridgehead atoms. The molecule has 0 fully saturated rings. The highest BCUT2D eigenvalue weighted by Gasteiger charge is 2.38. The fourth-order valence-corrected chi connectivity index (χ4v) is 2.55. The van der Waals surface area contributed by atoms with Gasteiger partial charge in [-0.25, -0.2) is 23.0 Å². The molecule has 0 saturated carbocycles. The van der Waals surface area contributed by atoms with Crippen LogP contribution in [0.25, 0.3) is 0 Å². The van der Waals surface area contributed by atoms with E-state index in [1.807, 2.05) is 11.8 Å². The van der Waals surface area contributed by atoms with E-state index in [0.717, 1.165) is 12.8 Å². The molecule has 13 heteroatoms. The Balaban J connectivity index is 0.000000956. The van der Waals surface area contributed by atoms with Crippen LogP contribution in [0.5, 0.6) is 0 Å². The van der Waals surface area contributed by atoms with Gasteiger partial charge < -0.3 is 15.1 Å². The molecule has 9 nitrogen and oxygen atoms in total. The van der Waals surface area contributed by atoms with Crippen LogP contribution in [0, 0.1) is 0 Å². The highest BCUT2D eigenvalue weighted by molar-refractivity contribution is 7.92. The molecule has 1 rings (SSSR count). The van der Waals surface area contributed by atoms with E-state index in [4.69, 9.17) is 9.90 Å². The molecule has 166 valence electrons. The first-order chi connectivity index (χ1) is 13.3. The molecule has 0 spiro atoms. The van der Waals surface area contributed by atoms with Crippen molar-refractivity contribution in [3.05, 3.63) is 17.8 Å². The number of halogens is 3. The molecule has 0 unspecified atom stereocenters. The van der Waals surface area contributed by atoms with Crippen LogP contribution in [0.15, 0.2) is 12.3 Å². The Morgan fingerprint density at radius 2 is 1.76 bits per heavy atom. The summed E-state index contributed by atoms with van der Waals surface area (Å²) in [7, 11) is -3.46. The van der Waals surface area contributed by atoms with Crippen LogP contribution in [0.4, 0.5) is 24.7 Å². The Hall–Kier alpha value is -2.57. The second-order valence-corrected chi connectivity index (χ2v) is 7.65. The standard InChI is InChI=1S/C14H23N3O4S.C2HF3O2/c1-4-7-8-17(5-2)13-12(14(18)19)9-11(10-15-13)16-22(20,21)6-3;3-2(4,5)1(6)7/h9-10,16H,4-8H2,1-3H3,(H,18,19);(H,6,7). The van der Waals surface area contributed by atoms with Crippen molar-refractivity contribution in [1.82, 2.24) is 4.98 Å². The maximum atomic E-state index is 11.6. The van der Waals surface area contributed by atoms with Crippen LogP contribution in [-0.2, 0) is 14.8 Å². The number of rotatable bonds is 9. The number of carboxylic acids is 2. The minimum absolute atomic E-state index is 0.00532. The molecular formula is C16H24F3N3O6S. The van der Waals surface area contributed by atoms with Crippen molar-refractivity contribution in [3.63, 3.8) is 0 Å².